The summed E-state index contributed by atoms with van der Waals surface area (Å²) in [6.07, 6.45) is 5.07. The minimum absolute atomic E-state index is 0.812. The number of fused-ring (bicyclic) bond motifs is 1. The Balaban J connectivity index is 2.66. The van der Waals surface area contributed by atoms with Crippen molar-refractivity contribution in [3.8, 4) is 6.07 Å². The van der Waals surface area contributed by atoms with Gasteiger partial charge in [-0.05, 0) is 23.6 Å². The molecule has 2 rings (SSSR count). The summed E-state index contributed by atoms with van der Waals surface area (Å²) < 4.78 is 0. The van der Waals surface area contributed by atoms with E-state index < -0.39 is 0 Å². The van der Waals surface area contributed by atoms with Crippen molar-refractivity contribution in [2.45, 2.75) is 6.42 Å². The average Bonchev–Trinajstić information content (AvgIpc) is 2.50. The summed E-state index contributed by atoms with van der Waals surface area (Å²) in [5.74, 6) is 0. The van der Waals surface area contributed by atoms with Crippen molar-refractivity contribution in [3.05, 3.63) is 41.0 Å². The molecule has 0 saturated carbocycles. The van der Waals surface area contributed by atoms with Gasteiger partial charge in [-0.15, -0.1) is 0 Å². The number of nitriles is 1. The highest BCUT2D eigenvalue weighted by atomic mass is 14.2. The Labute approximate surface area is 65.6 Å². The third-order valence-electron chi connectivity index (χ3n) is 1.95. The van der Waals surface area contributed by atoms with Crippen LogP contribution in [0.2, 0.25) is 0 Å². The molecule has 0 saturated heterocycles. The van der Waals surface area contributed by atoms with E-state index >= 15 is 0 Å². The first kappa shape index (κ1) is 6.18. The summed E-state index contributed by atoms with van der Waals surface area (Å²) in [6, 6.07) is 8.02. The molecule has 1 aliphatic carbocycles. The molecule has 0 fully saturated rings. The topological polar surface area (TPSA) is 23.8 Å². The number of hydrogen-bond acceptors (Lipinski definition) is 1. The summed E-state index contributed by atoms with van der Waals surface area (Å²) in [7, 11) is 0. The van der Waals surface area contributed by atoms with Gasteiger partial charge >= 0.3 is 0 Å². The molecule has 1 aromatic carbocycles. The van der Waals surface area contributed by atoms with Crippen LogP contribution in [0.15, 0.2) is 24.3 Å². The van der Waals surface area contributed by atoms with Gasteiger partial charge in [0.2, 0.25) is 0 Å². The molecule has 0 aliphatic heterocycles. The van der Waals surface area contributed by atoms with Crippen molar-refractivity contribution in [1.29, 1.82) is 5.26 Å². The van der Waals surface area contributed by atoms with Crippen LogP contribution < -0.4 is 0 Å². The van der Waals surface area contributed by atoms with E-state index in [1.165, 1.54) is 11.1 Å². The summed E-state index contributed by atoms with van der Waals surface area (Å²) >= 11 is 0. The minimum atomic E-state index is 0.812. The summed E-state index contributed by atoms with van der Waals surface area (Å²) in [4.78, 5) is 0. The van der Waals surface area contributed by atoms with Gasteiger partial charge in [0.15, 0.2) is 0 Å². The average molecular weight is 141 g/mol. The first-order valence-electron chi connectivity index (χ1n) is 3.60. The number of rotatable bonds is 0. The fraction of sp³-hybridized carbons (Fsp3) is 0.100. The highest BCUT2D eigenvalue weighted by molar-refractivity contribution is 5.63. The lowest BCUT2D eigenvalue weighted by molar-refractivity contribution is 1.28. The molecule has 0 spiro atoms. The Morgan fingerprint density at radius 3 is 3.09 bits per heavy atom. The number of benzene rings is 1. The molecule has 0 N–H and O–H groups in total. The van der Waals surface area contributed by atoms with Gasteiger partial charge in [0.25, 0.3) is 0 Å². The van der Waals surface area contributed by atoms with Crippen molar-refractivity contribution >= 4 is 6.08 Å². The Hall–Kier alpha value is -1.55. The zero-order chi connectivity index (χ0) is 7.68. The van der Waals surface area contributed by atoms with Gasteiger partial charge in [-0.2, -0.15) is 5.26 Å². The molecule has 0 atom stereocenters. The standard InChI is InChI=1S/C10H7N/c11-7-9-5-1-3-8-4-2-6-10(8)9/h1-5H,6H2. The molecule has 0 heterocycles. The van der Waals surface area contributed by atoms with E-state index in [1.54, 1.807) is 0 Å². The first-order chi connectivity index (χ1) is 5.42. The van der Waals surface area contributed by atoms with Crippen LogP contribution in [0.5, 0.6) is 0 Å². The van der Waals surface area contributed by atoms with E-state index in [-0.39, 0.29) is 0 Å². The van der Waals surface area contributed by atoms with Gasteiger partial charge in [0, 0.05) is 0 Å². The maximum atomic E-state index is 8.72. The number of allylic oxidation sites excluding steroid dienone is 1. The van der Waals surface area contributed by atoms with Gasteiger partial charge < -0.3 is 0 Å². The quantitative estimate of drug-likeness (QED) is 0.543. The maximum Gasteiger partial charge on any atom is 0.0994 e. The molecule has 1 nitrogen and oxygen atoms in total. The van der Waals surface area contributed by atoms with Crippen LogP contribution in [-0.4, -0.2) is 0 Å². The molecule has 0 radical (unpaired) electrons. The summed E-state index contributed by atoms with van der Waals surface area (Å²) in [6.45, 7) is 0. The second-order valence-electron chi connectivity index (χ2n) is 2.59. The van der Waals surface area contributed by atoms with Gasteiger partial charge in [0.1, 0.15) is 0 Å². The molecule has 0 amide bonds. The van der Waals surface area contributed by atoms with Gasteiger partial charge in [-0.3, -0.25) is 0 Å². The highest BCUT2D eigenvalue weighted by Gasteiger charge is 2.07. The molecular weight excluding hydrogens is 134 g/mol. The maximum absolute atomic E-state index is 8.72. The molecule has 0 unspecified atom stereocenters. The lowest BCUT2D eigenvalue weighted by atomic mass is 10.0. The second kappa shape index (κ2) is 2.25. The predicted molar refractivity (Wildman–Crippen MR) is 43.9 cm³/mol. The van der Waals surface area contributed by atoms with Crippen LogP contribution in [0.1, 0.15) is 16.7 Å². The Morgan fingerprint density at radius 2 is 2.27 bits per heavy atom. The van der Waals surface area contributed by atoms with Crippen molar-refractivity contribution in [2.24, 2.45) is 0 Å². The minimum Gasteiger partial charge on any atom is -0.192 e. The van der Waals surface area contributed by atoms with E-state index in [4.69, 9.17) is 5.26 Å². The first-order valence-corrected chi connectivity index (χ1v) is 3.60. The second-order valence-corrected chi connectivity index (χ2v) is 2.59. The number of hydrogen-bond donors (Lipinski definition) is 0. The van der Waals surface area contributed by atoms with E-state index in [2.05, 4.69) is 18.2 Å². The van der Waals surface area contributed by atoms with E-state index in [0.29, 0.717) is 0 Å². The van der Waals surface area contributed by atoms with Crippen LogP contribution in [0.25, 0.3) is 6.08 Å². The zero-order valence-corrected chi connectivity index (χ0v) is 6.04. The number of nitrogens with zero attached hydrogens (tertiary/aromatic N) is 1. The van der Waals surface area contributed by atoms with E-state index in [9.17, 15) is 0 Å². The van der Waals surface area contributed by atoms with Crippen molar-refractivity contribution in [3.63, 3.8) is 0 Å². The van der Waals surface area contributed by atoms with E-state index in [1.807, 2.05) is 18.2 Å². The van der Waals surface area contributed by atoms with Crippen molar-refractivity contribution in [2.75, 3.05) is 0 Å². The van der Waals surface area contributed by atoms with Crippen LogP contribution in [0.3, 0.4) is 0 Å². The fourth-order valence-electron chi connectivity index (χ4n) is 1.40. The molecule has 1 aliphatic rings. The Bertz CT molecular complexity index is 356. The Kier molecular flexibility index (Phi) is 1.26. The normalized spacial score (nSPS) is 12.6. The Morgan fingerprint density at radius 1 is 1.36 bits per heavy atom. The van der Waals surface area contributed by atoms with Crippen LogP contribution in [0.4, 0.5) is 0 Å². The van der Waals surface area contributed by atoms with Crippen LogP contribution >= 0.6 is 0 Å². The largest absolute Gasteiger partial charge is 0.192 e. The fourth-order valence-corrected chi connectivity index (χ4v) is 1.40. The SMILES string of the molecule is N#Cc1cccc2c1CC=C2. The summed E-state index contributed by atoms with van der Waals surface area (Å²) in [5, 5.41) is 8.72. The van der Waals surface area contributed by atoms with Crippen molar-refractivity contribution < 1.29 is 0 Å². The molecule has 0 aromatic heterocycles. The highest BCUT2D eigenvalue weighted by Crippen LogP contribution is 2.21. The molecule has 52 valence electrons. The summed E-state index contributed by atoms with van der Waals surface area (Å²) in [5.41, 5.74) is 3.19. The van der Waals surface area contributed by atoms with Gasteiger partial charge in [-0.25, -0.2) is 0 Å². The smallest absolute Gasteiger partial charge is 0.0994 e. The van der Waals surface area contributed by atoms with Crippen LogP contribution in [0, 0.1) is 11.3 Å². The lowest BCUT2D eigenvalue weighted by Gasteiger charge is -1.98. The van der Waals surface area contributed by atoms with Crippen LogP contribution in [-0.2, 0) is 6.42 Å². The monoisotopic (exact) mass is 141 g/mol. The zero-order valence-electron chi connectivity index (χ0n) is 6.04. The van der Waals surface area contributed by atoms with Crippen molar-refractivity contribution in [1.82, 2.24) is 0 Å². The third-order valence-corrected chi connectivity index (χ3v) is 1.95. The van der Waals surface area contributed by atoms with Gasteiger partial charge in [-0.1, -0.05) is 24.3 Å². The van der Waals surface area contributed by atoms with E-state index in [0.717, 1.165) is 12.0 Å². The molecule has 11 heavy (non-hydrogen) atoms. The molecule has 1 aromatic rings. The molecular formula is C10H7N. The predicted octanol–water partition coefficient (Wildman–Crippen LogP) is 2.13. The third kappa shape index (κ3) is 0.841. The molecule has 0 bridgehead atoms. The lowest BCUT2D eigenvalue weighted by Crippen LogP contribution is -1.86. The van der Waals surface area contributed by atoms with Gasteiger partial charge in [0.05, 0.1) is 11.6 Å². The molecule has 1 heteroatoms.